The van der Waals surface area contributed by atoms with Crippen molar-refractivity contribution in [3.05, 3.63) is 0 Å². The quantitative estimate of drug-likeness (QED) is 0.580. The molecule has 5 nitrogen and oxygen atoms in total. The summed E-state index contributed by atoms with van der Waals surface area (Å²) < 4.78 is 0. The summed E-state index contributed by atoms with van der Waals surface area (Å²) in [7, 11) is 0. The van der Waals surface area contributed by atoms with Crippen molar-refractivity contribution in [3.63, 3.8) is 0 Å². The molecule has 0 spiro atoms. The molecule has 0 radical (unpaired) electrons. The zero-order valence-corrected chi connectivity index (χ0v) is 8.59. The van der Waals surface area contributed by atoms with E-state index in [2.05, 4.69) is 15.2 Å². The number of aliphatic hydroxyl groups is 1. The van der Waals surface area contributed by atoms with Crippen LogP contribution in [0.1, 0.15) is 0 Å². The minimum absolute atomic E-state index is 0.0518. The molecule has 1 amide bonds. The molecule has 2 N–H and O–H groups in total. The number of aliphatic hydroxyl groups excluding tert-OH is 1. The van der Waals surface area contributed by atoms with E-state index in [0.29, 0.717) is 5.75 Å². The van der Waals surface area contributed by atoms with Gasteiger partial charge in [-0.25, -0.2) is 0 Å². The van der Waals surface area contributed by atoms with Crippen LogP contribution in [-0.4, -0.2) is 59.1 Å². The van der Waals surface area contributed by atoms with Crippen molar-refractivity contribution < 1.29 is 9.90 Å². The zero-order chi connectivity index (χ0) is 9.97. The number of amidine groups is 1. The number of carbonyl (C=O) groups is 1. The van der Waals surface area contributed by atoms with Crippen molar-refractivity contribution >= 4 is 22.8 Å². The summed E-state index contributed by atoms with van der Waals surface area (Å²) in [5.74, 6) is 0.410. The summed E-state index contributed by atoms with van der Waals surface area (Å²) in [4.78, 5) is 16.9. The predicted octanol–water partition coefficient (Wildman–Crippen LogP) is -1.12. The maximum atomic E-state index is 10.9. The molecule has 0 aromatic heterocycles. The highest BCUT2D eigenvalue weighted by Crippen LogP contribution is 2.17. The van der Waals surface area contributed by atoms with E-state index >= 15 is 0 Å². The minimum atomic E-state index is -0.0518. The lowest BCUT2D eigenvalue weighted by atomic mass is 10.2. The maximum absolute atomic E-state index is 10.9. The summed E-state index contributed by atoms with van der Waals surface area (Å²) in [6.07, 6.45) is 0. The van der Waals surface area contributed by atoms with Gasteiger partial charge in [-0.2, -0.15) is 4.99 Å². The highest BCUT2D eigenvalue weighted by atomic mass is 32.2. The molecule has 0 aromatic rings. The zero-order valence-electron chi connectivity index (χ0n) is 7.77. The van der Waals surface area contributed by atoms with Crippen LogP contribution < -0.4 is 5.32 Å². The fraction of sp³-hybridized carbons (Fsp3) is 0.750. The molecule has 14 heavy (non-hydrogen) atoms. The molecule has 0 saturated carbocycles. The van der Waals surface area contributed by atoms with E-state index in [1.54, 1.807) is 0 Å². The van der Waals surface area contributed by atoms with Crippen LogP contribution >= 0.6 is 11.8 Å². The van der Waals surface area contributed by atoms with Crippen LogP contribution in [0.3, 0.4) is 0 Å². The molecular formula is C8H13N3O2S. The molecule has 2 aliphatic rings. The summed E-state index contributed by atoms with van der Waals surface area (Å²) >= 11 is 1.49. The summed E-state index contributed by atoms with van der Waals surface area (Å²) in [5.41, 5.74) is 0. The molecule has 0 aliphatic carbocycles. The molecule has 6 heteroatoms. The van der Waals surface area contributed by atoms with Crippen molar-refractivity contribution in [1.29, 1.82) is 0 Å². The number of nitrogens with zero attached hydrogens (tertiary/aromatic N) is 2. The Morgan fingerprint density at radius 1 is 1.71 bits per heavy atom. The second-order valence-corrected chi connectivity index (χ2v) is 4.30. The van der Waals surface area contributed by atoms with E-state index in [4.69, 9.17) is 5.11 Å². The smallest absolute Gasteiger partial charge is 0.258 e. The lowest BCUT2D eigenvalue weighted by Crippen LogP contribution is -2.53. The van der Waals surface area contributed by atoms with E-state index in [1.165, 1.54) is 11.8 Å². The first-order valence-electron chi connectivity index (χ1n) is 4.63. The Morgan fingerprint density at radius 2 is 2.57 bits per heavy atom. The van der Waals surface area contributed by atoms with Gasteiger partial charge in [0.25, 0.3) is 5.91 Å². The van der Waals surface area contributed by atoms with Crippen LogP contribution in [-0.2, 0) is 4.79 Å². The van der Waals surface area contributed by atoms with Gasteiger partial charge < -0.3 is 15.3 Å². The van der Waals surface area contributed by atoms with Gasteiger partial charge in [0, 0.05) is 25.7 Å². The van der Waals surface area contributed by atoms with Gasteiger partial charge in [0.2, 0.25) is 0 Å². The van der Waals surface area contributed by atoms with E-state index in [-0.39, 0.29) is 18.6 Å². The largest absolute Gasteiger partial charge is 0.395 e. The molecule has 0 unspecified atom stereocenters. The molecule has 1 atom stereocenters. The van der Waals surface area contributed by atoms with E-state index < -0.39 is 0 Å². The Hall–Kier alpha value is -0.590. The van der Waals surface area contributed by atoms with Crippen LogP contribution in [0.25, 0.3) is 0 Å². The third-order valence-corrected chi connectivity index (χ3v) is 3.29. The fourth-order valence-electron chi connectivity index (χ4n) is 1.58. The van der Waals surface area contributed by atoms with Crippen molar-refractivity contribution in [2.24, 2.45) is 4.99 Å². The van der Waals surface area contributed by atoms with Crippen LogP contribution in [0.4, 0.5) is 0 Å². The lowest BCUT2D eigenvalue weighted by Gasteiger charge is -2.33. The second kappa shape index (κ2) is 4.29. The number of carbonyl (C=O) groups excluding carboxylic acids is 1. The van der Waals surface area contributed by atoms with Crippen molar-refractivity contribution in [1.82, 2.24) is 10.2 Å². The van der Waals surface area contributed by atoms with E-state index in [0.717, 1.165) is 24.8 Å². The Morgan fingerprint density at radius 3 is 3.21 bits per heavy atom. The maximum Gasteiger partial charge on any atom is 0.258 e. The Balaban J connectivity index is 1.97. The number of nitrogens with one attached hydrogen (secondary N) is 1. The Labute approximate surface area is 86.6 Å². The third kappa shape index (κ3) is 2.08. The minimum Gasteiger partial charge on any atom is -0.395 e. The average molecular weight is 215 g/mol. The van der Waals surface area contributed by atoms with Gasteiger partial charge in [0.1, 0.15) is 0 Å². The molecule has 2 rings (SSSR count). The number of amides is 1. The highest BCUT2D eigenvalue weighted by molar-refractivity contribution is 8.14. The van der Waals surface area contributed by atoms with Crippen molar-refractivity contribution in [2.45, 2.75) is 6.04 Å². The van der Waals surface area contributed by atoms with Gasteiger partial charge in [-0.15, -0.1) is 0 Å². The SMILES string of the molecule is O=C1CSC(N2CCN[C@H](CO)C2)=N1. The summed E-state index contributed by atoms with van der Waals surface area (Å²) in [6.45, 7) is 2.55. The molecule has 1 saturated heterocycles. The van der Waals surface area contributed by atoms with Gasteiger partial charge in [-0.05, 0) is 0 Å². The first kappa shape index (κ1) is 9.95. The molecule has 2 aliphatic heterocycles. The first-order valence-corrected chi connectivity index (χ1v) is 5.61. The fourth-order valence-corrected chi connectivity index (χ4v) is 2.41. The van der Waals surface area contributed by atoms with Gasteiger partial charge in [0.05, 0.1) is 12.4 Å². The summed E-state index contributed by atoms with van der Waals surface area (Å²) in [5, 5.41) is 13.0. The predicted molar refractivity (Wildman–Crippen MR) is 55.3 cm³/mol. The normalized spacial score (nSPS) is 28.1. The van der Waals surface area contributed by atoms with Gasteiger partial charge >= 0.3 is 0 Å². The van der Waals surface area contributed by atoms with Gasteiger partial charge in [0.15, 0.2) is 5.17 Å². The van der Waals surface area contributed by atoms with Gasteiger partial charge in [-0.1, -0.05) is 11.8 Å². The molecule has 0 aromatic carbocycles. The molecule has 0 bridgehead atoms. The monoisotopic (exact) mass is 215 g/mol. The van der Waals surface area contributed by atoms with E-state index in [1.807, 2.05) is 0 Å². The number of aliphatic imine (C=N–C) groups is 1. The Bertz CT molecular complexity index is 269. The topological polar surface area (TPSA) is 64.9 Å². The van der Waals surface area contributed by atoms with Crippen LogP contribution in [0.15, 0.2) is 4.99 Å². The number of hydrogen-bond donors (Lipinski definition) is 2. The summed E-state index contributed by atoms with van der Waals surface area (Å²) in [6, 6.07) is 0.0998. The van der Waals surface area contributed by atoms with Crippen molar-refractivity contribution in [2.75, 3.05) is 32.0 Å². The molecular weight excluding hydrogens is 202 g/mol. The number of hydrogen-bond acceptors (Lipinski definition) is 5. The second-order valence-electron chi connectivity index (χ2n) is 3.36. The van der Waals surface area contributed by atoms with Crippen LogP contribution in [0.2, 0.25) is 0 Å². The van der Waals surface area contributed by atoms with Crippen LogP contribution in [0, 0.1) is 0 Å². The first-order chi connectivity index (χ1) is 6.79. The van der Waals surface area contributed by atoms with E-state index in [9.17, 15) is 4.79 Å². The number of rotatable bonds is 1. The lowest BCUT2D eigenvalue weighted by molar-refractivity contribution is -0.115. The Kier molecular flexibility index (Phi) is 3.05. The molecule has 78 valence electrons. The van der Waals surface area contributed by atoms with Crippen LogP contribution in [0.5, 0.6) is 0 Å². The van der Waals surface area contributed by atoms with Crippen molar-refractivity contribution in [3.8, 4) is 0 Å². The number of piperazine rings is 1. The number of thioether (sulfide) groups is 1. The standard InChI is InChI=1S/C8H13N3O2S/c12-4-6-3-11(2-1-9-6)8-10-7(13)5-14-8/h6,9,12H,1-5H2/t6-/m0/s1. The molecule has 2 heterocycles. The highest BCUT2D eigenvalue weighted by Gasteiger charge is 2.25. The average Bonchev–Trinajstić information content (AvgIpc) is 2.65. The van der Waals surface area contributed by atoms with Gasteiger partial charge in [-0.3, -0.25) is 4.79 Å². The molecule has 1 fully saturated rings. The third-order valence-electron chi connectivity index (χ3n) is 2.29.